The van der Waals surface area contributed by atoms with Crippen molar-refractivity contribution >= 4 is 6.03 Å². The van der Waals surface area contributed by atoms with Crippen LogP contribution in [0.1, 0.15) is 62.9 Å². The molecule has 2 atom stereocenters. The van der Waals surface area contributed by atoms with Crippen molar-refractivity contribution in [2.75, 3.05) is 7.05 Å². The molecule has 5 nitrogen and oxygen atoms in total. The van der Waals surface area contributed by atoms with Gasteiger partial charge in [-0.1, -0.05) is 19.3 Å². The van der Waals surface area contributed by atoms with Crippen LogP contribution in [0.3, 0.4) is 0 Å². The van der Waals surface area contributed by atoms with Gasteiger partial charge in [-0.05, 0) is 58.4 Å². The number of amides is 2. The summed E-state index contributed by atoms with van der Waals surface area (Å²) in [5, 5.41) is 7.62. The monoisotopic (exact) mass is 334 g/mol. The minimum Gasteiger partial charge on any atom is -0.335 e. The number of urea groups is 1. The van der Waals surface area contributed by atoms with E-state index in [9.17, 15) is 4.79 Å². The molecule has 0 aromatic carbocycles. The second-order valence-electron chi connectivity index (χ2n) is 7.58. The van der Waals surface area contributed by atoms with Gasteiger partial charge >= 0.3 is 6.03 Å². The molecule has 5 heteroatoms. The standard InChI is InChI=1S/C19H34N4O/c1-13(12-18-14(2)21-23(6)16(18)4)20-19(24)22(5)15(3)17-10-8-7-9-11-17/h13,15,17H,7-12H2,1-6H3,(H,20,24)/t13-,15+/m1/s1. The van der Waals surface area contributed by atoms with Crippen molar-refractivity contribution in [3.8, 4) is 0 Å². The topological polar surface area (TPSA) is 50.2 Å². The summed E-state index contributed by atoms with van der Waals surface area (Å²) in [6.07, 6.45) is 7.29. The lowest BCUT2D eigenvalue weighted by Gasteiger charge is -2.35. The highest BCUT2D eigenvalue weighted by molar-refractivity contribution is 5.74. The molecule has 1 heterocycles. The third-order valence-electron chi connectivity index (χ3n) is 5.80. The predicted octanol–water partition coefficient (Wildman–Crippen LogP) is 3.58. The molecule has 136 valence electrons. The van der Waals surface area contributed by atoms with Crippen LogP contribution in [0.2, 0.25) is 0 Å². The Morgan fingerprint density at radius 1 is 1.29 bits per heavy atom. The zero-order valence-corrected chi connectivity index (χ0v) is 16.2. The number of carbonyl (C=O) groups is 1. The maximum absolute atomic E-state index is 12.6. The molecule has 2 amide bonds. The lowest BCUT2D eigenvalue weighted by molar-refractivity contribution is 0.154. The molecule has 1 saturated carbocycles. The highest BCUT2D eigenvalue weighted by Crippen LogP contribution is 2.28. The second kappa shape index (κ2) is 8.04. The largest absolute Gasteiger partial charge is 0.335 e. The number of hydrogen-bond donors (Lipinski definition) is 1. The molecule has 1 N–H and O–H groups in total. The fourth-order valence-electron chi connectivity index (χ4n) is 3.90. The number of aryl methyl sites for hydroxylation is 2. The summed E-state index contributed by atoms with van der Waals surface area (Å²) in [7, 11) is 3.90. The van der Waals surface area contributed by atoms with Gasteiger partial charge in [-0.15, -0.1) is 0 Å². The van der Waals surface area contributed by atoms with Crippen LogP contribution in [0.15, 0.2) is 0 Å². The molecular formula is C19H34N4O. The Kier molecular flexibility index (Phi) is 6.30. The van der Waals surface area contributed by atoms with Gasteiger partial charge in [-0.25, -0.2) is 4.79 Å². The number of rotatable bonds is 5. The first-order valence-corrected chi connectivity index (χ1v) is 9.33. The van der Waals surface area contributed by atoms with Crippen molar-refractivity contribution in [3.63, 3.8) is 0 Å². The Morgan fingerprint density at radius 2 is 1.92 bits per heavy atom. The van der Waals surface area contributed by atoms with Gasteiger partial charge in [0.05, 0.1) is 5.69 Å². The summed E-state index contributed by atoms with van der Waals surface area (Å²) in [6.45, 7) is 8.38. The molecule has 1 fully saturated rings. The average Bonchev–Trinajstić information content (AvgIpc) is 2.80. The first kappa shape index (κ1) is 18.8. The Balaban J connectivity index is 1.90. The van der Waals surface area contributed by atoms with E-state index in [4.69, 9.17) is 0 Å². The molecule has 1 aliphatic rings. The van der Waals surface area contributed by atoms with E-state index in [0.29, 0.717) is 12.0 Å². The van der Waals surface area contributed by atoms with Crippen molar-refractivity contribution in [3.05, 3.63) is 17.0 Å². The SMILES string of the molecule is Cc1nn(C)c(C)c1C[C@@H](C)NC(=O)N(C)[C@@H](C)C1CCCCC1. The van der Waals surface area contributed by atoms with Gasteiger partial charge in [0, 0.05) is 31.9 Å². The van der Waals surface area contributed by atoms with Crippen LogP contribution in [0.25, 0.3) is 0 Å². The Hall–Kier alpha value is -1.52. The van der Waals surface area contributed by atoms with Crippen molar-refractivity contribution in [1.82, 2.24) is 20.0 Å². The molecule has 24 heavy (non-hydrogen) atoms. The normalized spacial score (nSPS) is 18.2. The number of aromatic nitrogens is 2. The van der Waals surface area contributed by atoms with E-state index in [1.54, 1.807) is 0 Å². The van der Waals surface area contributed by atoms with E-state index in [1.165, 1.54) is 43.4 Å². The number of hydrogen-bond acceptors (Lipinski definition) is 2. The fraction of sp³-hybridized carbons (Fsp3) is 0.789. The zero-order chi connectivity index (χ0) is 17.9. The van der Waals surface area contributed by atoms with E-state index >= 15 is 0 Å². The lowest BCUT2D eigenvalue weighted by atomic mass is 9.84. The lowest BCUT2D eigenvalue weighted by Crippen LogP contribution is -2.48. The summed E-state index contributed by atoms with van der Waals surface area (Å²) in [4.78, 5) is 14.5. The van der Waals surface area contributed by atoms with Crippen molar-refractivity contribution in [2.45, 2.75) is 78.3 Å². The highest BCUT2D eigenvalue weighted by Gasteiger charge is 2.26. The first-order valence-electron chi connectivity index (χ1n) is 9.33. The molecule has 0 unspecified atom stereocenters. The highest BCUT2D eigenvalue weighted by atomic mass is 16.2. The summed E-state index contributed by atoms with van der Waals surface area (Å²) in [6, 6.07) is 0.444. The predicted molar refractivity (Wildman–Crippen MR) is 98.2 cm³/mol. The van der Waals surface area contributed by atoms with Gasteiger partial charge in [-0.3, -0.25) is 4.68 Å². The van der Waals surface area contributed by atoms with Gasteiger partial charge in [0.2, 0.25) is 0 Å². The van der Waals surface area contributed by atoms with E-state index in [1.807, 2.05) is 30.6 Å². The number of nitrogens with zero attached hydrogens (tertiary/aromatic N) is 3. The van der Waals surface area contributed by atoms with Crippen LogP contribution in [0.4, 0.5) is 4.79 Å². The van der Waals surface area contributed by atoms with E-state index in [2.05, 4.69) is 31.2 Å². The van der Waals surface area contributed by atoms with Crippen LogP contribution < -0.4 is 5.32 Å². The third kappa shape index (κ3) is 4.31. The van der Waals surface area contributed by atoms with Gasteiger partial charge in [0.15, 0.2) is 0 Å². The Labute approximate surface area is 146 Å². The van der Waals surface area contributed by atoms with Crippen molar-refractivity contribution < 1.29 is 4.79 Å². The zero-order valence-electron chi connectivity index (χ0n) is 16.2. The van der Waals surface area contributed by atoms with Crippen LogP contribution in [-0.2, 0) is 13.5 Å². The van der Waals surface area contributed by atoms with Crippen molar-refractivity contribution in [2.24, 2.45) is 13.0 Å². The van der Waals surface area contributed by atoms with Gasteiger partial charge in [-0.2, -0.15) is 5.10 Å². The minimum absolute atomic E-state index is 0.0415. The second-order valence-corrected chi connectivity index (χ2v) is 7.58. The van der Waals surface area contributed by atoms with Crippen LogP contribution in [0.5, 0.6) is 0 Å². The van der Waals surface area contributed by atoms with Crippen LogP contribution in [0, 0.1) is 19.8 Å². The molecule has 2 rings (SSSR count). The molecule has 1 aromatic heterocycles. The maximum Gasteiger partial charge on any atom is 0.317 e. The molecule has 0 aliphatic heterocycles. The van der Waals surface area contributed by atoms with E-state index in [-0.39, 0.29) is 12.1 Å². The quantitative estimate of drug-likeness (QED) is 0.895. The maximum atomic E-state index is 12.6. The van der Waals surface area contributed by atoms with Gasteiger partial charge < -0.3 is 10.2 Å². The van der Waals surface area contributed by atoms with Crippen molar-refractivity contribution in [1.29, 1.82) is 0 Å². The summed E-state index contributed by atoms with van der Waals surface area (Å²) < 4.78 is 1.91. The molecule has 1 aromatic rings. The van der Waals surface area contributed by atoms with E-state index < -0.39 is 0 Å². The van der Waals surface area contributed by atoms with Crippen LogP contribution >= 0.6 is 0 Å². The third-order valence-corrected chi connectivity index (χ3v) is 5.80. The number of carbonyl (C=O) groups excluding carboxylic acids is 1. The van der Waals surface area contributed by atoms with Gasteiger partial charge in [0.1, 0.15) is 0 Å². The number of nitrogens with one attached hydrogen (secondary N) is 1. The molecule has 1 aliphatic carbocycles. The molecule has 0 saturated heterocycles. The molecular weight excluding hydrogens is 300 g/mol. The van der Waals surface area contributed by atoms with Crippen LogP contribution in [-0.4, -0.2) is 39.8 Å². The van der Waals surface area contributed by atoms with E-state index in [0.717, 1.165) is 12.1 Å². The minimum atomic E-state index is 0.0415. The molecule has 0 spiro atoms. The Morgan fingerprint density at radius 3 is 2.46 bits per heavy atom. The fourth-order valence-corrected chi connectivity index (χ4v) is 3.90. The summed E-state index contributed by atoms with van der Waals surface area (Å²) in [5.74, 6) is 0.646. The average molecular weight is 335 g/mol. The molecule has 0 radical (unpaired) electrons. The smallest absolute Gasteiger partial charge is 0.317 e. The Bertz CT molecular complexity index is 560. The van der Waals surface area contributed by atoms with Gasteiger partial charge in [0.25, 0.3) is 0 Å². The summed E-state index contributed by atoms with van der Waals surface area (Å²) >= 11 is 0. The molecule has 0 bridgehead atoms. The summed E-state index contributed by atoms with van der Waals surface area (Å²) in [5.41, 5.74) is 3.48. The first-order chi connectivity index (χ1) is 11.3.